The van der Waals surface area contributed by atoms with E-state index in [9.17, 15) is 4.79 Å². The molecule has 2 heteroatoms. The van der Waals surface area contributed by atoms with Crippen molar-refractivity contribution in [2.45, 2.75) is 57.9 Å². The monoisotopic (exact) mass is 196 g/mol. The highest BCUT2D eigenvalue weighted by atomic mass is 16.1. The molecule has 0 aliphatic carbocycles. The minimum atomic E-state index is 0.112. The van der Waals surface area contributed by atoms with Crippen molar-refractivity contribution in [3.8, 4) is 0 Å². The standard InChI is InChI=1S/C12H22NO/c1-2-3-4-5-6-9-13-10-7-8-12(13)11-14/h12H,2-10H2,1H3/t12-/m0/s1. The van der Waals surface area contributed by atoms with Crippen LogP contribution in [0, 0.1) is 0 Å². The normalized spacial score (nSPS) is 22.8. The van der Waals surface area contributed by atoms with Crippen LogP contribution in [-0.4, -0.2) is 30.3 Å². The number of hydrogen-bond acceptors (Lipinski definition) is 2. The van der Waals surface area contributed by atoms with Crippen molar-refractivity contribution in [1.29, 1.82) is 0 Å². The van der Waals surface area contributed by atoms with Crippen molar-refractivity contribution >= 4 is 6.29 Å². The lowest BCUT2D eigenvalue weighted by molar-refractivity contribution is 0.288. The molecule has 0 unspecified atom stereocenters. The van der Waals surface area contributed by atoms with Gasteiger partial charge in [0.25, 0.3) is 0 Å². The Balaban J connectivity index is 2.02. The molecule has 2 nitrogen and oxygen atoms in total. The molecule has 81 valence electrons. The van der Waals surface area contributed by atoms with E-state index in [4.69, 9.17) is 0 Å². The van der Waals surface area contributed by atoms with Gasteiger partial charge in [0.15, 0.2) is 0 Å². The summed E-state index contributed by atoms with van der Waals surface area (Å²) in [5, 5.41) is 0. The lowest BCUT2D eigenvalue weighted by Gasteiger charge is -2.18. The minimum Gasteiger partial charge on any atom is -0.293 e. The molecule has 1 saturated heterocycles. The SMILES string of the molecule is CCCCCCCN1CCC[C@H]1[C]=O. The fourth-order valence-corrected chi connectivity index (χ4v) is 2.15. The molecule has 1 atom stereocenters. The first-order chi connectivity index (χ1) is 6.88. The van der Waals surface area contributed by atoms with E-state index >= 15 is 0 Å². The molecule has 1 radical (unpaired) electrons. The highest BCUT2D eigenvalue weighted by molar-refractivity contribution is 5.58. The maximum absolute atomic E-state index is 10.6. The number of hydrogen-bond donors (Lipinski definition) is 0. The Morgan fingerprint density at radius 3 is 2.79 bits per heavy atom. The molecule has 0 bridgehead atoms. The van der Waals surface area contributed by atoms with E-state index in [1.165, 1.54) is 38.5 Å². The molecule has 1 aliphatic heterocycles. The highest BCUT2D eigenvalue weighted by Crippen LogP contribution is 2.16. The lowest BCUT2D eigenvalue weighted by Crippen LogP contribution is -2.31. The summed E-state index contributed by atoms with van der Waals surface area (Å²) in [5.41, 5.74) is 0. The van der Waals surface area contributed by atoms with Gasteiger partial charge in [0.1, 0.15) is 0 Å². The quantitative estimate of drug-likeness (QED) is 0.583. The third kappa shape index (κ3) is 3.79. The van der Waals surface area contributed by atoms with Crippen molar-refractivity contribution in [2.24, 2.45) is 0 Å². The van der Waals surface area contributed by atoms with Crippen LogP contribution in [0.1, 0.15) is 51.9 Å². The average Bonchev–Trinajstić information content (AvgIpc) is 2.65. The van der Waals surface area contributed by atoms with Gasteiger partial charge in [-0.1, -0.05) is 32.6 Å². The van der Waals surface area contributed by atoms with Crippen LogP contribution in [0.2, 0.25) is 0 Å². The molecule has 1 rings (SSSR count). The van der Waals surface area contributed by atoms with Gasteiger partial charge in [0, 0.05) is 0 Å². The van der Waals surface area contributed by atoms with Crippen LogP contribution in [0.25, 0.3) is 0 Å². The highest BCUT2D eigenvalue weighted by Gasteiger charge is 2.23. The first-order valence-electron chi connectivity index (χ1n) is 6.00. The van der Waals surface area contributed by atoms with Gasteiger partial charge in [-0.25, -0.2) is 0 Å². The van der Waals surface area contributed by atoms with Crippen LogP contribution >= 0.6 is 0 Å². The number of unbranched alkanes of at least 4 members (excludes halogenated alkanes) is 4. The molecular weight excluding hydrogens is 174 g/mol. The zero-order valence-corrected chi connectivity index (χ0v) is 9.30. The molecule has 0 spiro atoms. The first-order valence-corrected chi connectivity index (χ1v) is 6.00. The summed E-state index contributed by atoms with van der Waals surface area (Å²) >= 11 is 0. The van der Waals surface area contributed by atoms with Crippen LogP contribution in [0.5, 0.6) is 0 Å². The van der Waals surface area contributed by atoms with Crippen LogP contribution in [0.15, 0.2) is 0 Å². The Bertz CT molecular complexity index is 158. The summed E-state index contributed by atoms with van der Waals surface area (Å²) in [7, 11) is 0. The summed E-state index contributed by atoms with van der Waals surface area (Å²) in [6, 6.07) is 0.112. The maximum atomic E-state index is 10.6. The second kappa shape index (κ2) is 6.99. The molecule has 1 aliphatic rings. The van der Waals surface area contributed by atoms with Gasteiger partial charge in [-0.3, -0.25) is 9.69 Å². The molecule has 0 aromatic heterocycles. The predicted molar refractivity (Wildman–Crippen MR) is 59.0 cm³/mol. The third-order valence-electron chi connectivity index (χ3n) is 3.05. The summed E-state index contributed by atoms with van der Waals surface area (Å²) < 4.78 is 0. The van der Waals surface area contributed by atoms with Gasteiger partial charge in [-0.15, -0.1) is 0 Å². The Labute approximate surface area is 87.7 Å². The summed E-state index contributed by atoms with van der Waals surface area (Å²) in [6.45, 7) is 4.44. The fraction of sp³-hybridized carbons (Fsp3) is 0.917. The van der Waals surface area contributed by atoms with Gasteiger partial charge >= 0.3 is 0 Å². The van der Waals surface area contributed by atoms with Crippen molar-refractivity contribution in [3.05, 3.63) is 0 Å². The molecule has 1 fully saturated rings. The molecule has 0 N–H and O–H groups in total. The van der Waals surface area contributed by atoms with Gasteiger partial charge in [0.2, 0.25) is 6.29 Å². The molecule has 0 aromatic rings. The van der Waals surface area contributed by atoms with E-state index in [1.807, 2.05) is 0 Å². The number of nitrogens with zero attached hydrogens (tertiary/aromatic N) is 1. The van der Waals surface area contributed by atoms with Crippen LogP contribution < -0.4 is 0 Å². The van der Waals surface area contributed by atoms with Gasteiger partial charge < -0.3 is 0 Å². The van der Waals surface area contributed by atoms with Gasteiger partial charge in [0.05, 0.1) is 6.04 Å². The average molecular weight is 196 g/mol. The van der Waals surface area contributed by atoms with E-state index in [2.05, 4.69) is 18.1 Å². The second-order valence-electron chi connectivity index (χ2n) is 4.23. The fourth-order valence-electron chi connectivity index (χ4n) is 2.15. The van der Waals surface area contributed by atoms with Crippen LogP contribution in [0.4, 0.5) is 0 Å². The second-order valence-corrected chi connectivity index (χ2v) is 4.23. The molecule has 0 saturated carbocycles. The summed E-state index contributed by atoms with van der Waals surface area (Å²) in [6.07, 6.45) is 10.9. The molecule has 0 aromatic carbocycles. The zero-order chi connectivity index (χ0) is 10.2. The van der Waals surface area contributed by atoms with Crippen molar-refractivity contribution in [3.63, 3.8) is 0 Å². The van der Waals surface area contributed by atoms with E-state index in [0.29, 0.717) is 0 Å². The van der Waals surface area contributed by atoms with Gasteiger partial charge in [-0.2, -0.15) is 0 Å². The minimum absolute atomic E-state index is 0.112. The van der Waals surface area contributed by atoms with Crippen LogP contribution in [-0.2, 0) is 4.79 Å². The number of carbonyl (C=O) groups excluding carboxylic acids is 1. The Morgan fingerprint density at radius 1 is 1.29 bits per heavy atom. The molecule has 1 heterocycles. The topological polar surface area (TPSA) is 20.3 Å². The zero-order valence-electron chi connectivity index (χ0n) is 9.30. The molecule has 0 amide bonds. The van der Waals surface area contributed by atoms with Crippen LogP contribution in [0.3, 0.4) is 0 Å². The lowest BCUT2D eigenvalue weighted by atomic mass is 10.1. The van der Waals surface area contributed by atoms with E-state index in [1.54, 1.807) is 0 Å². The number of likely N-dealkylation sites (tertiary alicyclic amines) is 1. The van der Waals surface area contributed by atoms with Gasteiger partial charge in [-0.05, 0) is 32.4 Å². The summed E-state index contributed by atoms with van der Waals surface area (Å²) in [4.78, 5) is 12.9. The Hall–Kier alpha value is -0.370. The van der Waals surface area contributed by atoms with E-state index < -0.39 is 0 Å². The van der Waals surface area contributed by atoms with E-state index in [-0.39, 0.29) is 6.04 Å². The third-order valence-corrected chi connectivity index (χ3v) is 3.05. The smallest absolute Gasteiger partial charge is 0.217 e. The van der Waals surface area contributed by atoms with Crippen molar-refractivity contribution in [1.82, 2.24) is 4.90 Å². The molecular formula is C12H22NO. The summed E-state index contributed by atoms with van der Waals surface area (Å²) in [5.74, 6) is 0. The van der Waals surface area contributed by atoms with Crippen molar-refractivity contribution < 1.29 is 4.79 Å². The largest absolute Gasteiger partial charge is 0.293 e. The number of rotatable bonds is 7. The Morgan fingerprint density at radius 2 is 2.07 bits per heavy atom. The first kappa shape index (κ1) is 11.7. The predicted octanol–water partition coefficient (Wildman–Crippen LogP) is 2.53. The maximum Gasteiger partial charge on any atom is 0.217 e. The van der Waals surface area contributed by atoms with E-state index in [0.717, 1.165) is 19.5 Å². The molecule has 14 heavy (non-hydrogen) atoms. The Kier molecular flexibility index (Phi) is 5.85. The van der Waals surface area contributed by atoms with Crippen molar-refractivity contribution in [2.75, 3.05) is 13.1 Å².